The summed E-state index contributed by atoms with van der Waals surface area (Å²) in [6.07, 6.45) is 5.25. The molecule has 1 spiro atoms. The number of fused-ring (bicyclic) bond motifs is 1. The fraction of sp³-hybridized carbons (Fsp3) is 0.650. The van der Waals surface area contributed by atoms with Crippen molar-refractivity contribution in [2.45, 2.75) is 32.1 Å². The van der Waals surface area contributed by atoms with E-state index in [0.717, 1.165) is 69.0 Å². The lowest BCUT2D eigenvalue weighted by atomic mass is 9.73. The van der Waals surface area contributed by atoms with Gasteiger partial charge in [-0.05, 0) is 49.1 Å². The number of nitrogens with zero attached hydrogens (tertiary/aromatic N) is 1. The maximum atomic E-state index is 13.1. The second kappa shape index (κ2) is 6.87. The van der Waals surface area contributed by atoms with E-state index < -0.39 is 0 Å². The van der Waals surface area contributed by atoms with E-state index in [-0.39, 0.29) is 17.2 Å². The number of carbonyl (C=O) groups excluding carboxylic acids is 1. The van der Waals surface area contributed by atoms with Crippen molar-refractivity contribution in [3.8, 4) is 11.5 Å². The Morgan fingerprint density at radius 3 is 2.92 bits per heavy atom. The normalized spacial score (nSPS) is 25.2. The van der Waals surface area contributed by atoms with E-state index in [4.69, 9.17) is 14.2 Å². The highest BCUT2D eigenvalue weighted by Crippen LogP contribution is 2.40. The van der Waals surface area contributed by atoms with Crippen molar-refractivity contribution in [1.82, 2.24) is 4.90 Å². The predicted octanol–water partition coefficient (Wildman–Crippen LogP) is 2.67. The van der Waals surface area contributed by atoms with Crippen LogP contribution in [0.1, 0.15) is 31.2 Å². The fourth-order valence-electron chi connectivity index (χ4n) is 4.50. The molecule has 5 nitrogen and oxygen atoms in total. The van der Waals surface area contributed by atoms with E-state index in [1.54, 1.807) is 7.11 Å². The lowest BCUT2D eigenvalue weighted by molar-refractivity contribution is -0.142. The van der Waals surface area contributed by atoms with Gasteiger partial charge in [-0.3, -0.25) is 4.79 Å². The van der Waals surface area contributed by atoms with Crippen molar-refractivity contribution in [3.63, 3.8) is 0 Å². The van der Waals surface area contributed by atoms with Crippen LogP contribution < -0.4 is 9.47 Å². The molecule has 0 aromatic heterocycles. The van der Waals surface area contributed by atoms with Crippen LogP contribution in [0, 0.1) is 11.3 Å². The van der Waals surface area contributed by atoms with E-state index in [9.17, 15) is 4.79 Å². The van der Waals surface area contributed by atoms with Gasteiger partial charge in [-0.15, -0.1) is 0 Å². The standard InChI is InChI=1S/C20H27NO4/c1-23-17-4-3-15-11-16(13-25-18(15)12-17)19(22)21-8-2-5-20(14-21)6-9-24-10-7-20/h3-4,12,16H,2,5-11,13-14H2,1H3/t16-/m1/s1. The summed E-state index contributed by atoms with van der Waals surface area (Å²) in [6, 6.07) is 5.87. The lowest BCUT2D eigenvalue weighted by Crippen LogP contribution is -2.51. The number of likely N-dealkylation sites (tertiary alicyclic amines) is 1. The third-order valence-electron chi connectivity index (χ3n) is 6.06. The minimum atomic E-state index is -0.0733. The summed E-state index contributed by atoms with van der Waals surface area (Å²) in [7, 11) is 1.65. The molecular weight excluding hydrogens is 318 g/mol. The van der Waals surface area contributed by atoms with Crippen LogP contribution in [0.3, 0.4) is 0 Å². The molecule has 1 atom stereocenters. The first-order valence-electron chi connectivity index (χ1n) is 9.35. The summed E-state index contributed by atoms with van der Waals surface area (Å²) < 4.78 is 16.7. The lowest BCUT2D eigenvalue weighted by Gasteiger charge is -2.46. The third-order valence-corrected chi connectivity index (χ3v) is 6.06. The first-order chi connectivity index (χ1) is 12.2. The number of hydrogen-bond acceptors (Lipinski definition) is 4. The number of rotatable bonds is 2. The molecule has 136 valence electrons. The number of piperidine rings is 1. The Morgan fingerprint density at radius 2 is 2.12 bits per heavy atom. The molecular formula is C20H27NO4. The number of hydrogen-bond donors (Lipinski definition) is 0. The van der Waals surface area contributed by atoms with Crippen LogP contribution in [0.2, 0.25) is 0 Å². The molecule has 25 heavy (non-hydrogen) atoms. The van der Waals surface area contributed by atoms with Gasteiger partial charge in [0.2, 0.25) is 5.91 Å². The van der Waals surface area contributed by atoms with Crippen molar-refractivity contribution >= 4 is 5.91 Å². The van der Waals surface area contributed by atoms with Gasteiger partial charge in [0.1, 0.15) is 18.1 Å². The third kappa shape index (κ3) is 3.34. The smallest absolute Gasteiger partial charge is 0.229 e. The van der Waals surface area contributed by atoms with Crippen molar-refractivity contribution in [2.75, 3.05) is 40.0 Å². The summed E-state index contributed by atoms with van der Waals surface area (Å²) in [6.45, 7) is 3.91. The largest absolute Gasteiger partial charge is 0.497 e. The van der Waals surface area contributed by atoms with E-state index in [1.165, 1.54) is 6.42 Å². The minimum Gasteiger partial charge on any atom is -0.497 e. The Hall–Kier alpha value is -1.75. The van der Waals surface area contributed by atoms with Gasteiger partial charge in [0.15, 0.2) is 0 Å². The molecule has 0 saturated carbocycles. The highest BCUT2D eigenvalue weighted by Gasteiger charge is 2.40. The van der Waals surface area contributed by atoms with E-state index in [0.29, 0.717) is 6.61 Å². The zero-order valence-electron chi connectivity index (χ0n) is 15.0. The van der Waals surface area contributed by atoms with Crippen LogP contribution in [0.5, 0.6) is 11.5 Å². The number of ether oxygens (including phenoxy) is 3. The average molecular weight is 345 g/mol. The van der Waals surface area contributed by atoms with Gasteiger partial charge in [-0.25, -0.2) is 0 Å². The summed E-state index contributed by atoms with van der Waals surface area (Å²) in [5.41, 5.74) is 1.38. The molecule has 4 rings (SSSR count). The number of methoxy groups -OCH3 is 1. The minimum absolute atomic E-state index is 0.0733. The quantitative estimate of drug-likeness (QED) is 0.827. The van der Waals surface area contributed by atoms with Gasteiger partial charge in [0.25, 0.3) is 0 Å². The van der Waals surface area contributed by atoms with Crippen LogP contribution in [0.4, 0.5) is 0 Å². The molecule has 1 amide bonds. The molecule has 2 fully saturated rings. The van der Waals surface area contributed by atoms with Crippen LogP contribution >= 0.6 is 0 Å². The molecule has 3 aliphatic rings. The maximum absolute atomic E-state index is 13.1. The van der Waals surface area contributed by atoms with Crippen molar-refractivity contribution in [3.05, 3.63) is 23.8 Å². The molecule has 0 radical (unpaired) electrons. The fourth-order valence-corrected chi connectivity index (χ4v) is 4.50. The van der Waals surface area contributed by atoms with E-state index >= 15 is 0 Å². The zero-order valence-corrected chi connectivity index (χ0v) is 15.0. The van der Waals surface area contributed by atoms with Crippen LogP contribution in [-0.2, 0) is 16.0 Å². The van der Waals surface area contributed by atoms with E-state index in [1.807, 2.05) is 18.2 Å². The molecule has 0 unspecified atom stereocenters. The monoisotopic (exact) mass is 345 g/mol. The highest BCUT2D eigenvalue weighted by atomic mass is 16.5. The molecule has 1 aromatic rings. The van der Waals surface area contributed by atoms with Gasteiger partial charge in [-0.2, -0.15) is 0 Å². The Morgan fingerprint density at radius 1 is 1.28 bits per heavy atom. The first kappa shape index (κ1) is 16.7. The number of benzene rings is 1. The average Bonchev–Trinajstić information content (AvgIpc) is 2.67. The summed E-state index contributed by atoms with van der Waals surface area (Å²) in [5.74, 6) is 1.83. The molecule has 3 heterocycles. The van der Waals surface area contributed by atoms with E-state index in [2.05, 4.69) is 4.90 Å². The van der Waals surface area contributed by atoms with Gasteiger partial charge >= 0.3 is 0 Å². The Kier molecular flexibility index (Phi) is 4.59. The van der Waals surface area contributed by atoms with Gasteiger partial charge < -0.3 is 19.1 Å². The van der Waals surface area contributed by atoms with Gasteiger partial charge in [0.05, 0.1) is 13.0 Å². The first-order valence-corrected chi connectivity index (χ1v) is 9.35. The summed E-state index contributed by atoms with van der Waals surface area (Å²) in [5, 5.41) is 0. The maximum Gasteiger partial charge on any atom is 0.229 e. The van der Waals surface area contributed by atoms with Crippen LogP contribution in [0.25, 0.3) is 0 Å². The van der Waals surface area contributed by atoms with Gasteiger partial charge in [-0.1, -0.05) is 6.07 Å². The second-order valence-electron chi connectivity index (χ2n) is 7.66. The predicted molar refractivity (Wildman–Crippen MR) is 94.0 cm³/mol. The van der Waals surface area contributed by atoms with Crippen molar-refractivity contribution < 1.29 is 19.0 Å². The zero-order chi connectivity index (χ0) is 17.3. The SMILES string of the molecule is COc1ccc2c(c1)OC[C@H](C(=O)N1CCCC3(CCOCC3)C1)C2. The van der Waals surface area contributed by atoms with Crippen LogP contribution in [-0.4, -0.2) is 50.8 Å². The van der Waals surface area contributed by atoms with Crippen molar-refractivity contribution in [2.24, 2.45) is 11.3 Å². The number of amides is 1. The molecule has 0 N–H and O–H groups in total. The molecule has 0 aliphatic carbocycles. The second-order valence-corrected chi connectivity index (χ2v) is 7.66. The molecule has 3 aliphatic heterocycles. The summed E-state index contributed by atoms with van der Waals surface area (Å²) >= 11 is 0. The Labute approximate surface area is 149 Å². The molecule has 5 heteroatoms. The molecule has 2 saturated heterocycles. The van der Waals surface area contributed by atoms with Crippen LogP contribution in [0.15, 0.2) is 18.2 Å². The Balaban J connectivity index is 1.44. The topological polar surface area (TPSA) is 48.0 Å². The Bertz CT molecular complexity index is 633. The van der Waals surface area contributed by atoms with Gasteiger partial charge in [0, 0.05) is 32.4 Å². The molecule has 1 aromatic carbocycles. The summed E-state index contributed by atoms with van der Waals surface area (Å²) in [4.78, 5) is 15.2. The number of carbonyl (C=O) groups is 1. The van der Waals surface area contributed by atoms with Crippen molar-refractivity contribution in [1.29, 1.82) is 0 Å². The molecule has 0 bridgehead atoms. The highest BCUT2D eigenvalue weighted by molar-refractivity contribution is 5.80.